The molecule has 2 aromatic heterocycles. The van der Waals surface area contributed by atoms with Gasteiger partial charge in [-0.3, -0.25) is 4.79 Å². The molecule has 2 aromatic carbocycles. The van der Waals surface area contributed by atoms with Crippen molar-refractivity contribution in [2.24, 2.45) is 0 Å². The summed E-state index contributed by atoms with van der Waals surface area (Å²) in [5, 5.41) is 7.57. The van der Waals surface area contributed by atoms with Crippen molar-refractivity contribution >= 4 is 17.0 Å². The molecule has 0 fully saturated rings. The number of para-hydroxylation sites is 1. The Bertz CT molecular complexity index is 1140. The molecule has 0 aliphatic heterocycles. The number of hydrogen-bond acceptors (Lipinski definition) is 5. The number of fused-ring (bicyclic) bond motifs is 1. The second-order valence-electron chi connectivity index (χ2n) is 6.36. The number of carbonyl (C=O) groups excluding carboxylic acids is 1. The summed E-state index contributed by atoms with van der Waals surface area (Å²) in [6, 6.07) is 19.0. The maximum Gasteiger partial charge on any atom is 0.259 e. The Morgan fingerprint density at radius 3 is 2.64 bits per heavy atom. The SMILES string of the molecule is COc1ccccc1CNC(=O)c1cc(-c2ccccc2)nc2onc(C)c12. The molecule has 0 saturated heterocycles. The van der Waals surface area contributed by atoms with Crippen molar-refractivity contribution in [3.63, 3.8) is 0 Å². The number of carbonyl (C=O) groups is 1. The van der Waals surface area contributed by atoms with E-state index >= 15 is 0 Å². The predicted molar refractivity (Wildman–Crippen MR) is 106 cm³/mol. The number of nitrogens with one attached hydrogen (secondary N) is 1. The van der Waals surface area contributed by atoms with Gasteiger partial charge in [0, 0.05) is 17.7 Å². The number of rotatable bonds is 5. The molecule has 0 bridgehead atoms. The molecular formula is C22H19N3O3. The average molecular weight is 373 g/mol. The lowest BCUT2D eigenvalue weighted by atomic mass is 10.0. The summed E-state index contributed by atoms with van der Waals surface area (Å²) in [4.78, 5) is 17.5. The normalized spacial score (nSPS) is 10.8. The minimum absolute atomic E-state index is 0.221. The van der Waals surface area contributed by atoms with E-state index in [9.17, 15) is 4.79 Å². The molecule has 6 heteroatoms. The van der Waals surface area contributed by atoms with Crippen molar-refractivity contribution in [3.05, 3.63) is 77.5 Å². The van der Waals surface area contributed by atoms with Crippen LogP contribution in [0, 0.1) is 6.92 Å². The van der Waals surface area contributed by atoms with Crippen LogP contribution in [0.25, 0.3) is 22.4 Å². The highest BCUT2D eigenvalue weighted by Gasteiger charge is 2.19. The summed E-state index contributed by atoms with van der Waals surface area (Å²) in [5.41, 5.74) is 3.92. The summed E-state index contributed by atoms with van der Waals surface area (Å²) in [7, 11) is 1.61. The number of benzene rings is 2. The van der Waals surface area contributed by atoms with Crippen molar-refractivity contribution in [1.82, 2.24) is 15.5 Å². The van der Waals surface area contributed by atoms with Crippen LogP contribution >= 0.6 is 0 Å². The maximum atomic E-state index is 13.0. The second-order valence-corrected chi connectivity index (χ2v) is 6.36. The Balaban J connectivity index is 1.70. The zero-order valence-corrected chi connectivity index (χ0v) is 15.6. The fourth-order valence-electron chi connectivity index (χ4n) is 3.15. The van der Waals surface area contributed by atoms with Gasteiger partial charge in [0.15, 0.2) is 0 Å². The lowest BCUT2D eigenvalue weighted by molar-refractivity contribution is 0.0952. The van der Waals surface area contributed by atoms with Crippen LogP contribution in [0.3, 0.4) is 0 Å². The van der Waals surface area contributed by atoms with Gasteiger partial charge in [0.2, 0.25) is 0 Å². The molecule has 140 valence electrons. The Kier molecular flexibility index (Phi) is 4.76. The van der Waals surface area contributed by atoms with Crippen molar-refractivity contribution in [2.45, 2.75) is 13.5 Å². The predicted octanol–water partition coefficient (Wildman–Crippen LogP) is 4.14. The zero-order valence-electron chi connectivity index (χ0n) is 15.6. The van der Waals surface area contributed by atoms with E-state index in [4.69, 9.17) is 9.26 Å². The van der Waals surface area contributed by atoms with Crippen LogP contribution < -0.4 is 10.1 Å². The van der Waals surface area contributed by atoms with E-state index in [0.717, 1.165) is 16.9 Å². The molecule has 0 atom stereocenters. The zero-order chi connectivity index (χ0) is 19.5. The summed E-state index contributed by atoms with van der Waals surface area (Å²) >= 11 is 0. The summed E-state index contributed by atoms with van der Waals surface area (Å²) in [6.07, 6.45) is 0. The van der Waals surface area contributed by atoms with E-state index in [1.54, 1.807) is 20.1 Å². The number of aromatic nitrogens is 2. The molecule has 0 saturated carbocycles. The molecule has 2 heterocycles. The molecule has 28 heavy (non-hydrogen) atoms. The number of aryl methyl sites for hydroxylation is 1. The van der Waals surface area contributed by atoms with Crippen molar-refractivity contribution < 1.29 is 14.1 Å². The number of hydrogen-bond donors (Lipinski definition) is 1. The fourth-order valence-corrected chi connectivity index (χ4v) is 3.15. The van der Waals surface area contributed by atoms with Gasteiger partial charge in [0.05, 0.1) is 29.4 Å². The standard InChI is InChI=1S/C22H19N3O3/c1-14-20-17(21(26)23-13-16-10-6-7-11-19(16)27-2)12-18(24-22(20)28-25-14)15-8-4-3-5-9-15/h3-12H,13H2,1-2H3,(H,23,26). The highest BCUT2D eigenvalue weighted by molar-refractivity contribution is 6.07. The van der Waals surface area contributed by atoms with Crippen molar-refractivity contribution in [3.8, 4) is 17.0 Å². The lowest BCUT2D eigenvalue weighted by Gasteiger charge is -2.11. The van der Waals surface area contributed by atoms with Gasteiger partial charge in [0.1, 0.15) is 5.75 Å². The Labute approximate surface area is 162 Å². The van der Waals surface area contributed by atoms with Gasteiger partial charge >= 0.3 is 0 Å². The number of methoxy groups -OCH3 is 1. The smallest absolute Gasteiger partial charge is 0.259 e. The maximum absolute atomic E-state index is 13.0. The Morgan fingerprint density at radius 2 is 1.86 bits per heavy atom. The lowest BCUT2D eigenvalue weighted by Crippen LogP contribution is -2.23. The topological polar surface area (TPSA) is 77.2 Å². The van der Waals surface area contributed by atoms with Crippen LogP contribution in [0.5, 0.6) is 5.75 Å². The van der Waals surface area contributed by atoms with Gasteiger partial charge in [-0.25, -0.2) is 4.98 Å². The Hall–Kier alpha value is -3.67. The molecule has 4 rings (SSSR count). The first kappa shape index (κ1) is 17.7. The first-order valence-corrected chi connectivity index (χ1v) is 8.90. The van der Waals surface area contributed by atoms with Crippen LogP contribution in [0.15, 0.2) is 65.2 Å². The molecule has 1 amide bonds. The van der Waals surface area contributed by atoms with Crippen LogP contribution in [-0.2, 0) is 6.54 Å². The first-order chi connectivity index (χ1) is 13.7. The van der Waals surface area contributed by atoms with E-state index in [2.05, 4.69) is 15.5 Å². The molecule has 0 radical (unpaired) electrons. The number of ether oxygens (including phenoxy) is 1. The monoisotopic (exact) mass is 373 g/mol. The first-order valence-electron chi connectivity index (χ1n) is 8.90. The van der Waals surface area contributed by atoms with Crippen molar-refractivity contribution in [1.29, 1.82) is 0 Å². The third-order valence-electron chi connectivity index (χ3n) is 4.56. The summed E-state index contributed by atoms with van der Waals surface area (Å²) in [6.45, 7) is 2.14. The van der Waals surface area contributed by atoms with Gasteiger partial charge in [-0.15, -0.1) is 0 Å². The minimum Gasteiger partial charge on any atom is -0.496 e. The average Bonchev–Trinajstić information content (AvgIpc) is 3.13. The number of nitrogens with zero attached hydrogens (tertiary/aromatic N) is 2. The molecule has 4 aromatic rings. The van der Waals surface area contributed by atoms with E-state index in [-0.39, 0.29) is 5.91 Å². The molecule has 0 unspecified atom stereocenters. The van der Waals surface area contributed by atoms with E-state index in [0.29, 0.717) is 34.6 Å². The molecule has 1 N–H and O–H groups in total. The third kappa shape index (κ3) is 3.32. The Morgan fingerprint density at radius 1 is 1.11 bits per heavy atom. The molecule has 0 spiro atoms. The van der Waals surface area contributed by atoms with Gasteiger partial charge in [-0.05, 0) is 19.1 Å². The van der Waals surface area contributed by atoms with Crippen LogP contribution in [0.2, 0.25) is 0 Å². The number of pyridine rings is 1. The van der Waals surface area contributed by atoms with E-state index in [1.165, 1.54) is 0 Å². The van der Waals surface area contributed by atoms with Gasteiger partial charge < -0.3 is 14.6 Å². The minimum atomic E-state index is -0.221. The molecular weight excluding hydrogens is 354 g/mol. The highest BCUT2D eigenvalue weighted by atomic mass is 16.5. The largest absolute Gasteiger partial charge is 0.496 e. The summed E-state index contributed by atoms with van der Waals surface area (Å²) < 4.78 is 10.7. The highest BCUT2D eigenvalue weighted by Crippen LogP contribution is 2.27. The quantitative estimate of drug-likeness (QED) is 0.569. The van der Waals surface area contributed by atoms with Gasteiger partial charge in [-0.2, -0.15) is 0 Å². The van der Waals surface area contributed by atoms with E-state index < -0.39 is 0 Å². The van der Waals surface area contributed by atoms with E-state index in [1.807, 2.05) is 54.6 Å². The van der Waals surface area contributed by atoms with Crippen LogP contribution in [0.4, 0.5) is 0 Å². The molecule has 6 nitrogen and oxygen atoms in total. The van der Waals surface area contributed by atoms with Crippen molar-refractivity contribution in [2.75, 3.05) is 7.11 Å². The second kappa shape index (κ2) is 7.52. The number of amides is 1. The van der Waals surface area contributed by atoms with Crippen LogP contribution in [0.1, 0.15) is 21.6 Å². The molecule has 0 aliphatic carbocycles. The van der Waals surface area contributed by atoms with Gasteiger partial charge in [-0.1, -0.05) is 53.7 Å². The summed E-state index contributed by atoms with van der Waals surface area (Å²) in [5.74, 6) is 0.510. The van der Waals surface area contributed by atoms with Gasteiger partial charge in [0.25, 0.3) is 11.6 Å². The third-order valence-corrected chi connectivity index (χ3v) is 4.56. The fraction of sp³-hybridized carbons (Fsp3) is 0.136. The molecule has 0 aliphatic rings. The van der Waals surface area contributed by atoms with Crippen LogP contribution in [-0.4, -0.2) is 23.2 Å².